The summed E-state index contributed by atoms with van der Waals surface area (Å²) in [6.45, 7) is 1.15. The summed E-state index contributed by atoms with van der Waals surface area (Å²) in [4.78, 5) is 20.8. The van der Waals surface area contributed by atoms with Crippen molar-refractivity contribution in [3.8, 4) is 5.75 Å². The topological polar surface area (TPSA) is 55.3 Å². The van der Waals surface area contributed by atoms with Crippen LogP contribution in [-0.2, 0) is 0 Å². The van der Waals surface area contributed by atoms with Crippen molar-refractivity contribution < 1.29 is 9.53 Å². The number of rotatable bonds is 6. The molecule has 0 spiro atoms. The van der Waals surface area contributed by atoms with Crippen molar-refractivity contribution in [1.82, 2.24) is 9.97 Å². The van der Waals surface area contributed by atoms with Crippen molar-refractivity contribution in [2.75, 3.05) is 25.1 Å². The third-order valence-corrected chi connectivity index (χ3v) is 2.69. The molecular weight excluding hydrogens is 242 g/mol. The highest BCUT2D eigenvalue weighted by atomic mass is 16.5. The Kier molecular flexibility index (Phi) is 4.44. The smallest absolute Gasteiger partial charge is 0.153 e. The first kappa shape index (κ1) is 13.0. The first-order chi connectivity index (χ1) is 9.31. The molecule has 0 radical (unpaired) electrons. The molecule has 5 nitrogen and oxygen atoms in total. The van der Waals surface area contributed by atoms with E-state index in [-0.39, 0.29) is 0 Å². The Morgan fingerprint density at radius 2 is 2.16 bits per heavy atom. The second-order valence-corrected chi connectivity index (χ2v) is 3.99. The summed E-state index contributed by atoms with van der Waals surface area (Å²) in [5.74, 6) is 1.44. The molecule has 5 heteroatoms. The van der Waals surface area contributed by atoms with Gasteiger partial charge in [-0.05, 0) is 18.2 Å². The van der Waals surface area contributed by atoms with Crippen LogP contribution in [0.1, 0.15) is 10.4 Å². The minimum atomic E-state index is 0.478. The zero-order chi connectivity index (χ0) is 13.5. The van der Waals surface area contributed by atoms with Crippen molar-refractivity contribution in [2.45, 2.75) is 0 Å². The number of para-hydroxylation sites is 1. The molecule has 1 aromatic heterocycles. The molecule has 0 saturated carbocycles. The lowest BCUT2D eigenvalue weighted by atomic mass is 10.2. The molecule has 98 valence electrons. The highest BCUT2D eigenvalue weighted by molar-refractivity contribution is 5.79. The van der Waals surface area contributed by atoms with Crippen LogP contribution in [0.4, 0.5) is 5.82 Å². The molecule has 1 aromatic carbocycles. The Labute approximate surface area is 111 Å². The van der Waals surface area contributed by atoms with Crippen molar-refractivity contribution in [3.05, 3.63) is 48.4 Å². The standard InChI is InChI=1S/C14H15N3O2/c1-17(14-6-7-15-11-16-14)8-9-19-13-5-3-2-4-12(13)10-18/h2-7,10-11H,8-9H2,1H3. The molecule has 19 heavy (non-hydrogen) atoms. The van der Waals surface area contributed by atoms with Crippen LogP contribution in [0.15, 0.2) is 42.9 Å². The molecule has 0 aliphatic heterocycles. The van der Waals surface area contributed by atoms with Crippen molar-refractivity contribution in [1.29, 1.82) is 0 Å². The summed E-state index contributed by atoms with van der Waals surface area (Å²) in [6.07, 6.45) is 4.00. The molecular formula is C14H15N3O2. The summed E-state index contributed by atoms with van der Waals surface area (Å²) in [5, 5.41) is 0. The fraction of sp³-hybridized carbons (Fsp3) is 0.214. The minimum Gasteiger partial charge on any atom is -0.491 e. The Hall–Kier alpha value is -2.43. The van der Waals surface area contributed by atoms with Gasteiger partial charge >= 0.3 is 0 Å². The van der Waals surface area contributed by atoms with Gasteiger partial charge in [0.15, 0.2) is 6.29 Å². The van der Waals surface area contributed by atoms with Gasteiger partial charge in [-0.2, -0.15) is 0 Å². The van der Waals surface area contributed by atoms with Gasteiger partial charge in [-0.1, -0.05) is 12.1 Å². The van der Waals surface area contributed by atoms with Crippen LogP contribution in [0, 0.1) is 0 Å². The van der Waals surface area contributed by atoms with E-state index in [4.69, 9.17) is 4.74 Å². The number of likely N-dealkylation sites (N-methyl/N-ethyl adjacent to an activating group) is 1. The highest BCUT2D eigenvalue weighted by Gasteiger charge is 2.04. The van der Waals surface area contributed by atoms with Gasteiger partial charge in [-0.3, -0.25) is 4.79 Å². The third kappa shape index (κ3) is 3.51. The van der Waals surface area contributed by atoms with E-state index >= 15 is 0 Å². The van der Waals surface area contributed by atoms with E-state index in [1.165, 1.54) is 6.33 Å². The maximum absolute atomic E-state index is 10.8. The number of aromatic nitrogens is 2. The Morgan fingerprint density at radius 3 is 2.89 bits per heavy atom. The Morgan fingerprint density at radius 1 is 1.32 bits per heavy atom. The number of ether oxygens (including phenoxy) is 1. The normalized spacial score (nSPS) is 9.95. The molecule has 0 amide bonds. The van der Waals surface area contributed by atoms with Gasteiger partial charge in [0.1, 0.15) is 24.5 Å². The van der Waals surface area contributed by atoms with Crippen LogP contribution >= 0.6 is 0 Å². The van der Waals surface area contributed by atoms with E-state index in [1.54, 1.807) is 18.3 Å². The molecule has 0 saturated heterocycles. The first-order valence-corrected chi connectivity index (χ1v) is 5.95. The SMILES string of the molecule is CN(CCOc1ccccc1C=O)c1ccncn1. The molecule has 2 aromatic rings. The van der Waals surface area contributed by atoms with Gasteiger partial charge in [-0.15, -0.1) is 0 Å². The number of nitrogens with zero attached hydrogens (tertiary/aromatic N) is 3. The Bertz CT molecular complexity index is 531. The highest BCUT2D eigenvalue weighted by Crippen LogP contribution is 2.15. The van der Waals surface area contributed by atoms with Crippen molar-refractivity contribution >= 4 is 12.1 Å². The van der Waals surface area contributed by atoms with E-state index in [0.717, 1.165) is 12.1 Å². The number of hydrogen-bond acceptors (Lipinski definition) is 5. The number of benzene rings is 1. The van der Waals surface area contributed by atoms with Gasteiger partial charge in [0, 0.05) is 13.2 Å². The molecule has 0 unspecified atom stereocenters. The summed E-state index contributed by atoms with van der Waals surface area (Å²) in [6, 6.07) is 9.00. The lowest BCUT2D eigenvalue weighted by Crippen LogP contribution is -2.24. The zero-order valence-corrected chi connectivity index (χ0v) is 10.7. The number of hydrogen-bond donors (Lipinski definition) is 0. The zero-order valence-electron chi connectivity index (χ0n) is 10.7. The summed E-state index contributed by atoms with van der Waals surface area (Å²) in [5.41, 5.74) is 0.562. The van der Waals surface area contributed by atoms with Crippen LogP contribution < -0.4 is 9.64 Å². The lowest BCUT2D eigenvalue weighted by Gasteiger charge is -2.18. The monoisotopic (exact) mass is 257 g/mol. The molecule has 0 N–H and O–H groups in total. The van der Waals surface area contributed by atoms with Crippen LogP contribution in [-0.4, -0.2) is 36.5 Å². The van der Waals surface area contributed by atoms with Crippen LogP contribution in [0.2, 0.25) is 0 Å². The van der Waals surface area contributed by atoms with E-state index in [0.29, 0.717) is 24.5 Å². The largest absolute Gasteiger partial charge is 0.491 e. The van der Waals surface area contributed by atoms with Gasteiger partial charge in [0.2, 0.25) is 0 Å². The second-order valence-electron chi connectivity index (χ2n) is 3.99. The van der Waals surface area contributed by atoms with Crippen LogP contribution in [0.3, 0.4) is 0 Å². The molecule has 0 aliphatic rings. The quantitative estimate of drug-likeness (QED) is 0.739. The predicted octanol–water partition coefficient (Wildman–Crippen LogP) is 1.80. The molecule has 2 rings (SSSR count). The van der Waals surface area contributed by atoms with Gasteiger partial charge in [0.05, 0.1) is 12.1 Å². The fourth-order valence-electron chi connectivity index (χ4n) is 1.63. The molecule has 0 atom stereocenters. The van der Waals surface area contributed by atoms with E-state index in [2.05, 4.69) is 9.97 Å². The van der Waals surface area contributed by atoms with Crippen LogP contribution in [0.25, 0.3) is 0 Å². The maximum atomic E-state index is 10.8. The predicted molar refractivity (Wildman–Crippen MR) is 72.6 cm³/mol. The number of anilines is 1. The summed E-state index contributed by atoms with van der Waals surface area (Å²) < 4.78 is 5.60. The second kappa shape index (κ2) is 6.49. The van der Waals surface area contributed by atoms with Crippen molar-refractivity contribution in [2.24, 2.45) is 0 Å². The fourth-order valence-corrected chi connectivity index (χ4v) is 1.63. The van der Waals surface area contributed by atoms with Gasteiger partial charge in [-0.25, -0.2) is 9.97 Å². The summed E-state index contributed by atoms with van der Waals surface area (Å²) >= 11 is 0. The third-order valence-electron chi connectivity index (χ3n) is 2.69. The molecule has 0 bridgehead atoms. The lowest BCUT2D eigenvalue weighted by molar-refractivity contribution is 0.111. The first-order valence-electron chi connectivity index (χ1n) is 5.95. The van der Waals surface area contributed by atoms with Gasteiger partial charge in [0.25, 0.3) is 0 Å². The minimum absolute atomic E-state index is 0.478. The van der Waals surface area contributed by atoms with Crippen molar-refractivity contribution in [3.63, 3.8) is 0 Å². The number of carbonyl (C=O) groups excluding carboxylic acids is 1. The Balaban J connectivity index is 1.88. The molecule has 0 fully saturated rings. The average Bonchev–Trinajstić information content (AvgIpc) is 2.48. The van der Waals surface area contributed by atoms with E-state index in [1.807, 2.05) is 30.1 Å². The number of aldehydes is 1. The van der Waals surface area contributed by atoms with Gasteiger partial charge < -0.3 is 9.64 Å². The molecule has 0 aliphatic carbocycles. The average molecular weight is 257 g/mol. The van der Waals surface area contributed by atoms with Crippen LogP contribution in [0.5, 0.6) is 5.75 Å². The maximum Gasteiger partial charge on any atom is 0.153 e. The molecule has 1 heterocycles. The number of carbonyl (C=O) groups is 1. The van der Waals surface area contributed by atoms with E-state index < -0.39 is 0 Å². The summed E-state index contributed by atoms with van der Waals surface area (Å²) in [7, 11) is 1.93. The van der Waals surface area contributed by atoms with E-state index in [9.17, 15) is 4.79 Å².